The van der Waals surface area contributed by atoms with Crippen LogP contribution in [-0.2, 0) is 27.5 Å². The number of rotatable bonds is 11. The first kappa shape index (κ1) is 33.1. The molecule has 238 valence electrons. The number of Topliss-reactive ketones (excluding diaryl/α,β-unsaturated/α-hetero) is 1. The normalized spacial score (nSPS) is 16.0. The van der Waals surface area contributed by atoms with Crippen LogP contribution in [0.2, 0.25) is 0 Å². The smallest absolute Gasteiger partial charge is 0.497 e. The molecule has 0 bridgehead atoms. The maximum Gasteiger partial charge on any atom is 0.573 e. The Morgan fingerprint density at radius 2 is 1.73 bits per heavy atom. The molecule has 2 unspecified atom stereocenters. The number of carbonyl (C=O) groups excluding carboxylic acids is 1. The van der Waals surface area contributed by atoms with Crippen LogP contribution in [-0.4, -0.2) is 59.3 Å². The van der Waals surface area contributed by atoms with Crippen LogP contribution < -0.4 is 19.1 Å². The number of ether oxygens (including phenoxy) is 3. The second-order valence-corrected chi connectivity index (χ2v) is 12.6. The summed E-state index contributed by atoms with van der Waals surface area (Å²) in [5.74, 6) is -1.55. The van der Waals surface area contributed by atoms with Crippen molar-refractivity contribution in [2.45, 2.75) is 43.0 Å². The van der Waals surface area contributed by atoms with E-state index in [2.05, 4.69) is 4.74 Å². The lowest BCUT2D eigenvalue weighted by Gasteiger charge is -2.33. The van der Waals surface area contributed by atoms with E-state index >= 15 is 0 Å². The SMILES string of the molecule is COc1cc(N(C)C(C(=O)C2CCc3ccc(OC(F)(F)F)cc3CC2)c2ccc(F)cc2OCCO)cc(S(C)(=O)=O)c1. The second-order valence-electron chi connectivity index (χ2n) is 10.6. The summed E-state index contributed by atoms with van der Waals surface area (Å²) in [6.07, 6.45) is -2.36. The molecule has 0 saturated carbocycles. The van der Waals surface area contributed by atoms with Crippen molar-refractivity contribution in [1.29, 1.82) is 0 Å². The topological polar surface area (TPSA) is 102 Å². The molecule has 3 aromatic rings. The highest BCUT2D eigenvalue weighted by Gasteiger charge is 2.36. The molecule has 0 amide bonds. The van der Waals surface area contributed by atoms with Gasteiger partial charge in [0.25, 0.3) is 0 Å². The largest absolute Gasteiger partial charge is 0.573 e. The number of fused-ring (bicyclic) bond motifs is 1. The minimum Gasteiger partial charge on any atom is -0.497 e. The van der Waals surface area contributed by atoms with E-state index in [9.17, 15) is 35.9 Å². The van der Waals surface area contributed by atoms with Gasteiger partial charge in [0, 0.05) is 42.6 Å². The minimum atomic E-state index is -4.84. The van der Waals surface area contributed by atoms with Crippen LogP contribution in [0, 0.1) is 11.7 Å². The third-order valence-electron chi connectivity index (χ3n) is 7.55. The number of sulfone groups is 1. The fraction of sp³-hybridized carbons (Fsp3) is 0.387. The van der Waals surface area contributed by atoms with Crippen molar-refractivity contribution >= 4 is 21.3 Å². The van der Waals surface area contributed by atoms with Crippen LogP contribution in [0.15, 0.2) is 59.5 Å². The summed E-state index contributed by atoms with van der Waals surface area (Å²) in [4.78, 5) is 16.0. The average molecular weight is 640 g/mol. The Bertz CT molecular complexity index is 1610. The van der Waals surface area contributed by atoms with Crippen molar-refractivity contribution in [3.05, 3.63) is 77.1 Å². The molecule has 1 N–H and O–H groups in total. The first-order valence-electron chi connectivity index (χ1n) is 13.8. The standard InChI is InChI=1S/C31H33F4NO7S/c1-36(23-16-25(41-2)18-26(17-23)44(3,39)40)29(27-11-9-22(32)15-28(27)42-13-12-37)30(38)20-5-4-19-8-10-24(43-31(33,34)35)14-21(19)7-6-20/h8-11,14-18,20,29,37H,4-7,12-13H2,1-3H3. The van der Waals surface area contributed by atoms with Crippen LogP contribution in [0.3, 0.4) is 0 Å². The van der Waals surface area contributed by atoms with Crippen molar-refractivity contribution in [2.24, 2.45) is 5.92 Å². The number of alkyl halides is 3. The molecule has 3 aromatic carbocycles. The lowest BCUT2D eigenvalue weighted by atomic mass is 9.86. The van der Waals surface area contributed by atoms with E-state index in [1.807, 2.05) is 0 Å². The Hall–Kier alpha value is -3.84. The maximum absolute atomic E-state index is 14.5. The number of aliphatic hydroxyl groups excluding tert-OH is 1. The quantitative estimate of drug-likeness (QED) is 0.218. The Morgan fingerprint density at radius 3 is 2.36 bits per heavy atom. The van der Waals surface area contributed by atoms with E-state index < -0.39 is 34.0 Å². The predicted octanol–water partition coefficient (Wildman–Crippen LogP) is 5.45. The van der Waals surface area contributed by atoms with Gasteiger partial charge < -0.3 is 24.2 Å². The third kappa shape index (κ3) is 8.00. The zero-order valence-corrected chi connectivity index (χ0v) is 25.2. The van der Waals surface area contributed by atoms with Gasteiger partial charge in [-0.05, 0) is 73.2 Å². The second kappa shape index (κ2) is 13.4. The van der Waals surface area contributed by atoms with Crippen LogP contribution in [0.1, 0.15) is 35.6 Å². The lowest BCUT2D eigenvalue weighted by molar-refractivity contribution is -0.274. The summed E-state index contributed by atoms with van der Waals surface area (Å²) in [5, 5.41) is 9.35. The molecule has 0 radical (unpaired) electrons. The summed E-state index contributed by atoms with van der Waals surface area (Å²) in [6.45, 7) is -0.529. The van der Waals surface area contributed by atoms with Crippen LogP contribution in [0.4, 0.5) is 23.2 Å². The molecule has 0 aliphatic heterocycles. The van der Waals surface area contributed by atoms with Gasteiger partial charge >= 0.3 is 6.36 Å². The van der Waals surface area contributed by atoms with Gasteiger partial charge in [-0.15, -0.1) is 13.2 Å². The molecular formula is C31H33F4NO7S. The number of halogens is 4. The molecule has 2 atom stereocenters. The average Bonchev–Trinajstić information content (AvgIpc) is 3.17. The number of benzene rings is 3. The number of ketones is 1. The van der Waals surface area contributed by atoms with Crippen LogP contribution >= 0.6 is 0 Å². The summed E-state index contributed by atoms with van der Waals surface area (Å²) in [5.41, 5.74) is 2.07. The number of hydrogen-bond donors (Lipinski definition) is 1. The van der Waals surface area contributed by atoms with Gasteiger partial charge in [0.2, 0.25) is 0 Å². The van der Waals surface area contributed by atoms with Crippen molar-refractivity contribution in [3.8, 4) is 17.2 Å². The molecular weight excluding hydrogens is 606 g/mol. The fourth-order valence-electron chi connectivity index (χ4n) is 5.40. The Labute approximate surface area is 253 Å². The van der Waals surface area contributed by atoms with E-state index in [-0.39, 0.29) is 41.1 Å². The van der Waals surface area contributed by atoms with Crippen LogP contribution in [0.25, 0.3) is 0 Å². The van der Waals surface area contributed by atoms with Gasteiger partial charge in [-0.25, -0.2) is 12.8 Å². The number of aliphatic hydroxyl groups is 1. The molecule has 8 nitrogen and oxygen atoms in total. The number of aryl methyl sites for hydroxylation is 2. The molecule has 44 heavy (non-hydrogen) atoms. The number of methoxy groups -OCH3 is 1. The molecule has 0 saturated heterocycles. The van der Waals surface area contributed by atoms with E-state index in [4.69, 9.17) is 9.47 Å². The zero-order chi connectivity index (χ0) is 32.2. The molecule has 4 rings (SSSR count). The van der Waals surface area contributed by atoms with E-state index in [0.29, 0.717) is 42.5 Å². The highest BCUT2D eigenvalue weighted by Crippen LogP contribution is 2.39. The molecule has 0 aromatic heterocycles. The Kier molecular flexibility index (Phi) is 10.1. The van der Waals surface area contributed by atoms with E-state index in [1.165, 1.54) is 43.5 Å². The van der Waals surface area contributed by atoms with Gasteiger partial charge in [-0.3, -0.25) is 4.79 Å². The fourth-order valence-corrected chi connectivity index (χ4v) is 6.06. The Balaban J connectivity index is 1.75. The van der Waals surface area contributed by atoms with Crippen LogP contribution in [0.5, 0.6) is 17.2 Å². The van der Waals surface area contributed by atoms with Crippen molar-refractivity contribution in [1.82, 2.24) is 0 Å². The van der Waals surface area contributed by atoms with Crippen molar-refractivity contribution in [3.63, 3.8) is 0 Å². The number of hydrogen-bond acceptors (Lipinski definition) is 8. The zero-order valence-electron chi connectivity index (χ0n) is 24.4. The summed E-state index contributed by atoms with van der Waals surface area (Å²) < 4.78 is 92.7. The van der Waals surface area contributed by atoms with Gasteiger partial charge in [-0.1, -0.05) is 6.07 Å². The maximum atomic E-state index is 14.5. The molecule has 13 heteroatoms. The number of anilines is 1. The summed E-state index contributed by atoms with van der Waals surface area (Å²) >= 11 is 0. The van der Waals surface area contributed by atoms with Gasteiger partial charge in [-0.2, -0.15) is 0 Å². The molecule has 0 heterocycles. The third-order valence-corrected chi connectivity index (χ3v) is 8.64. The van der Waals surface area contributed by atoms with Crippen molar-refractivity contribution in [2.75, 3.05) is 38.5 Å². The highest BCUT2D eigenvalue weighted by atomic mass is 32.2. The van der Waals surface area contributed by atoms with Gasteiger partial charge in [0.15, 0.2) is 15.6 Å². The van der Waals surface area contributed by atoms with Crippen molar-refractivity contribution < 1.29 is 50.1 Å². The number of likely N-dealkylation sites (N-methyl/N-ethyl adjacent to an activating group) is 1. The predicted molar refractivity (Wildman–Crippen MR) is 154 cm³/mol. The monoisotopic (exact) mass is 639 g/mol. The summed E-state index contributed by atoms with van der Waals surface area (Å²) in [6, 6.07) is 11.1. The molecule has 0 spiro atoms. The first-order chi connectivity index (χ1) is 20.7. The Morgan fingerprint density at radius 1 is 1.02 bits per heavy atom. The summed E-state index contributed by atoms with van der Waals surface area (Å²) in [7, 11) is -0.703. The van der Waals surface area contributed by atoms with Gasteiger partial charge in [0.1, 0.15) is 35.7 Å². The minimum absolute atomic E-state index is 0.0290. The molecule has 1 aliphatic rings. The van der Waals surface area contributed by atoms with E-state index in [0.717, 1.165) is 17.9 Å². The number of nitrogens with zero attached hydrogens (tertiary/aromatic N) is 1. The lowest BCUT2D eigenvalue weighted by Crippen LogP contribution is -2.35. The number of carbonyl (C=O) groups is 1. The molecule has 0 fully saturated rings. The van der Waals surface area contributed by atoms with Gasteiger partial charge in [0.05, 0.1) is 18.6 Å². The van der Waals surface area contributed by atoms with E-state index in [1.54, 1.807) is 24.1 Å². The molecule has 1 aliphatic carbocycles. The highest BCUT2D eigenvalue weighted by molar-refractivity contribution is 7.90. The first-order valence-corrected chi connectivity index (χ1v) is 15.7.